The van der Waals surface area contributed by atoms with Crippen LogP contribution in [0.1, 0.15) is 31.1 Å². The van der Waals surface area contributed by atoms with Gasteiger partial charge in [-0.1, -0.05) is 0 Å². The number of carbonyl (C=O) groups excluding carboxylic acids is 1. The van der Waals surface area contributed by atoms with E-state index in [1.807, 2.05) is 0 Å². The van der Waals surface area contributed by atoms with E-state index in [1.165, 1.54) is 20.0 Å². The maximum Gasteiger partial charge on any atom is 0.406 e. The lowest BCUT2D eigenvalue weighted by Gasteiger charge is -2.28. The lowest BCUT2D eigenvalue weighted by atomic mass is 10.2. The fourth-order valence-electron chi connectivity index (χ4n) is 1.74. The largest absolute Gasteiger partial charge is 0.406 e. The topological polar surface area (TPSA) is 45.2 Å². The van der Waals surface area contributed by atoms with Crippen molar-refractivity contribution in [3.63, 3.8) is 0 Å². The highest BCUT2D eigenvalue weighted by Crippen LogP contribution is 2.22. The summed E-state index contributed by atoms with van der Waals surface area (Å²) in [5, 5.41) is 2.61. The summed E-state index contributed by atoms with van der Waals surface area (Å²) in [6.45, 7) is 3.53. The fourth-order valence-corrected chi connectivity index (χ4v) is 1.74. The van der Waals surface area contributed by atoms with Crippen molar-refractivity contribution in [1.82, 2.24) is 9.88 Å². The zero-order chi connectivity index (χ0) is 16.2. The molecule has 0 fully saturated rings. The lowest BCUT2D eigenvalue weighted by molar-refractivity contribution is -0.143. The summed E-state index contributed by atoms with van der Waals surface area (Å²) >= 11 is 0. The third kappa shape index (κ3) is 4.57. The van der Waals surface area contributed by atoms with E-state index in [0.717, 1.165) is 6.07 Å². The number of anilines is 1. The summed E-state index contributed by atoms with van der Waals surface area (Å²) in [6, 6.07) is 0.360. The Kier molecular flexibility index (Phi) is 5.51. The van der Waals surface area contributed by atoms with Crippen molar-refractivity contribution in [2.45, 2.75) is 33.0 Å². The molecule has 0 unspecified atom stereocenters. The Labute approximate surface area is 120 Å². The molecule has 0 bridgehead atoms. The summed E-state index contributed by atoms with van der Waals surface area (Å²) < 4.78 is 51.7. The molecule has 0 aliphatic carbocycles. The maximum atomic E-state index is 14.1. The molecular formula is C13H17F4N3O. The first-order valence-corrected chi connectivity index (χ1v) is 6.43. The molecule has 118 valence electrons. The van der Waals surface area contributed by atoms with Crippen molar-refractivity contribution in [3.05, 3.63) is 23.6 Å². The molecule has 8 heteroatoms. The van der Waals surface area contributed by atoms with Crippen LogP contribution >= 0.6 is 0 Å². The monoisotopic (exact) mass is 307 g/mol. The highest BCUT2D eigenvalue weighted by atomic mass is 19.4. The molecule has 0 saturated heterocycles. The van der Waals surface area contributed by atoms with Crippen molar-refractivity contribution in [1.29, 1.82) is 0 Å². The second kappa shape index (κ2) is 6.73. The molecule has 0 spiro atoms. The predicted molar refractivity (Wildman–Crippen MR) is 70.6 cm³/mol. The van der Waals surface area contributed by atoms with Crippen molar-refractivity contribution in [2.24, 2.45) is 0 Å². The standard InChI is InChI=1S/C13H17F4N3O/c1-4-18-11-10(14)9(5-6-19-11)12(21)20(8(2)3)7-13(15,16)17/h5-6,8H,4,7H2,1-3H3,(H,18,19). The molecule has 0 radical (unpaired) electrons. The number of rotatable bonds is 5. The summed E-state index contributed by atoms with van der Waals surface area (Å²) in [7, 11) is 0. The molecule has 1 aromatic rings. The molecule has 0 saturated carbocycles. The average molecular weight is 307 g/mol. The van der Waals surface area contributed by atoms with E-state index >= 15 is 0 Å². The first-order chi connectivity index (χ1) is 9.67. The smallest absolute Gasteiger partial charge is 0.368 e. The summed E-state index contributed by atoms with van der Waals surface area (Å²) in [4.78, 5) is 16.5. The van der Waals surface area contributed by atoms with Crippen LogP contribution in [0.4, 0.5) is 23.4 Å². The SMILES string of the molecule is CCNc1nccc(C(=O)N(CC(F)(F)F)C(C)C)c1F. The minimum Gasteiger partial charge on any atom is -0.368 e. The van der Waals surface area contributed by atoms with Gasteiger partial charge >= 0.3 is 6.18 Å². The van der Waals surface area contributed by atoms with E-state index in [-0.39, 0.29) is 5.82 Å². The Balaban J connectivity index is 3.12. The van der Waals surface area contributed by atoms with Crippen LogP contribution < -0.4 is 5.32 Å². The number of pyridine rings is 1. The van der Waals surface area contributed by atoms with Crippen LogP contribution in [0, 0.1) is 5.82 Å². The minimum atomic E-state index is -4.55. The Morgan fingerprint density at radius 3 is 2.52 bits per heavy atom. The zero-order valence-corrected chi connectivity index (χ0v) is 12.0. The van der Waals surface area contributed by atoms with Crippen LogP contribution in [0.3, 0.4) is 0 Å². The molecular weight excluding hydrogens is 290 g/mol. The van der Waals surface area contributed by atoms with Gasteiger partial charge in [0.25, 0.3) is 5.91 Å². The number of nitrogens with zero attached hydrogens (tertiary/aromatic N) is 2. The molecule has 0 aliphatic heterocycles. The van der Waals surface area contributed by atoms with Gasteiger partial charge in [0.05, 0.1) is 5.56 Å². The van der Waals surface area contributed by atoms with Crippen LogP contribution in [-0.4, -0.2) is 41.1 Å². The molecule has 1 rings (SSSR count). The number of halogens is 4. The normalized spacial score (nSPS) is 11.6. The maximum absolute atomic E-state index is 14.1. The number of aromatic nitrogens is 1. The summed E-state index contributed by atoms with van der Waals surface area (Å²) in [5.74, 6) is -2.11. The summed E-state index contributed by atoms with van der Waals surface area (Å²) in [6.07, 6.45) is -3.37. The fraction of sp³-hybridized carbons (Fsp3) is 0.538. The number of hydrogen-bond acceptors (Lipinski definition) is 3. The number of amides is 1. The highest BCUT2D eigenvalue weighted by molar-refractivity contribution is 5.95. The van der Waals surface area contributed by atoms with Gasteiger partial charge < -0.3 is 10.2 Å². The van der Waals surface area contributed by atoms with Gasteiger partial charge in [0.15, 0.2) is 11.6 Å². The molecule has 1 heterocycles. The van der Waals surface area contributed by atoms with Gasteiger partial charge in [-0.2, -0.15) is 13.2 Å². The Morgan fingerprint density at radius 1 is 1.43 bits per heavy atom. The third-order valence-corrected chi connectivity index (χ3v) is 2.70. The second-order valence-corrected chi connectivity index (χ2v) is 4.69. The van der Waals surface area contributed by atoms with Crippen molar-refractivity contribution < 1.29 is 22.4 Å². The van der Waals surface area contributed by atoms with E-state index in [4.69, 9.17) is 0 Å². The lowest BCUT2D eigenvalue weighted by Crippen LogP contribution is -2.43. The van der Waals surface area contributed by atoms with Gasteiger partial charge in [-0.25, -0.2) is 9.37 Å². The van der Waals surface area contributed by atoms with Crippen LogP contribution in [0.25, 0.3) is 0 Å². The van der Waals surface area contributed by atoms with E-state index in [9.17, 15) is 22.4 Å². The number of nitrogens with one attached hydrogen (secondary N) is 1. The van der Waals surface area contributed by atoms with E-state index in [2.05, 4.69) is 10.3 Å². The average Bonchev–Trinajstić information content (AvgIpc) is 2.37. The molecule has 4 nitrogen and oxygen atoms in total. The van der Waals surface area contributed by atoms with Crippen molar-refractivity contribution in [3.8, 4) is 0 Å². The molecule has 1 aromatic heterocycles. The van der Waals surface area contributed by atoms with Gasteiger partial charge in [0.1, 0.15) is 6.54 Å². The van der Waals surface area contributed by atoms with Gasteiger partial charge in [0.2, 0.25) is 0 Å². The number of alkyl halides is 3. The van der Waals surface area contributed by atoms with E-state index < -0.39 is 36.1 Å². The molecule has 21 heavy (non-hydrogen) atoms. The van der Waals surface area contributed by atoms with Gasteiger partial charge in [0, 0.05) is 18.8 Å². The van der Waals surface area contributed by atoms with Crippen LogP contribution in [0.2, 0.25) is 0 Å². The summed E-state index contributed by atoms with van der Waals surface area (Å²) in [5.41, 5.74) is -0.432. The van der Waals surface area contributed by atoms with Crippen molar-refractivity contribution in [2.75, 3.05) is 18.4 Å². The number of carbonyl (C=O) groups is 1. The van der Waals surface area contributed by atoms with Crippen LogP contribution in [-0.2, 0) is 0 Å². The molecule has 1 N–H and O–H groups in total. The molecule has 0 aliphatic rings. The van der Waals surface area contributed by atoms with Crippen LogP contribution in [0.5, 0.6) is 0 Å². The van der Waals surface area contributed by atoms with E-state index in [1.54, 1.807) is 6.92 Å². The van der Waals surface area contributed by atoms with Crippen LogP contribution in [0.15, 0.2) is 12.3 Å². The molecule has 0 atom stereocenters. The molecule has 0 aromatic carbocycles. The zero-order valence-electron chi connectivity index (χ0n) is 12.0. The highest BCUT2D eigenvalue weighted by Gasteiger charge is 2.35. The minimum absolute atomic E-state index is 0.154. The van der Waals surface area contributed by atoms with Gasteiger partial charge in [-0.05, 0) is 26.8 Å². The Bertz CT molecular complexity index is 503. The third-order valence-electron chi connectivity index (χ3n) is 2.70. The second-order valence-electron chi connectivity index (χ2n) is 4.69. The molecule has 1 amide bonds. The number of hydrogen-bond donors (Lipinski definition) is 1. The first-order valence-electron chi connectivity index (χ1n) is 6.43. The van der Waals surface area contributed by atoms with E-state index in [0.29, 0.717) is 11.4 Å². The predicted octanol–water partition coefficient (Wildman–Crippen LogP) is 3.07. The Morgan fingerprint density at radius 2 is 2.05 bits per heavy atom. The Hall–Kier alpha value is -1.86. The van der Waals surface area contributed by atoms with Gasteiger partial charge in [-0.3, -0.25) is 4.79 Å². The quantitative estimate of drug-likeness (QED) is 0.850. The van der Waals surface area contributed by atoms with Gasteiger partial charge in [-0.15, -0.1) is 0 Å². The first kappa shape index (κ1) is 17.2. The van der Waals surface area contributed by atoms with Crippen molar-refractivity contribution >= 4 is 11.7 Å².